The third kappa shape index (κ3) is 2.81. The molecule has 0 spiro atoms. The first-order valence-corrected chi connectivity index (χ1v) is 6.48. The number of hydrogen-bond acceptors (Lipinski definition) is 3. The second kappa shape index (κ2) is 5.39. The molecule has 0 atom stereocenters. The van der Waals surface area contributed by atoms with E-state index >= 15 is 0 Å². The first kappa shape index (κ1) is 12.9. The van der Waals surface area contributed by atoms with Gasteiger partial charge in [-0.15, -0.1) is 0 Å². The molecule has 1 aromatic carbocycles. The normalized spacial score (nSPS) is 16.1. The lowest BCUT2D eigenvalue weighted by atomic mass is 10.1. The van der Waals surface area contributed by atoms with Crippen LogP contribution in [0.5, 0.6) is 0 Å². The number of nitrogens with one attached hydrogen (secondary N) is 1. The summed E-state index contributed by atoms with van der Waals surface area (Å²) in [6.07, 6.45) is 0.333. The number of amides is 2. The average Bonchev–Trinajstić information content (AvgIpc) is 2.56. The minimum Gasteiger partial charge on any atom is -0.398 e. The first-order chi connectivity index (χ1) is 8.58. The van der Waals surface area contributed by atoms with Gasteiger partial charge >= 0.3 is 0 Å². The zero-order valence-corrected chi connectivity index (χ0v) is 11.4. The molecule has 96 valence electrons. The third-order valence-electron chi connectivity index (χ3n) is 2.85. The van der Waals surface area contributed by atoms with E-state index in [-0.39, 0.29) is 11.8 Å². The quantitative estimate of drug-likeness (QED) is 0.760. The van der Waals surface area contributed by atoms with Crippen molar-refractivity contribution in [1.82, 2.24) is 10.2 Å². The van der Waals surface area contributed by atoms with Gasteiger partial charge in [0, 0.05) is 36.2 Å². The summed E-state index contributed by atoms with van der Waals surface area (Å²) in [5.41, 5.74) is 6.73. The SMILES string of the molecule is Nc1ccc(Br)cc1C(=O)N1CCNC(=O)CC1. The van der Waals surface area contributed by atoms with Gasteiger partial charge in [0.05, 0.1) is 5.56 Å². The van der Waals surface area contributed by atoms with Crippen LogP contribution in [-0.2, 0) is 4.79 Å². The predicted molar refractivity (Wildman–Crippen MR) is 72.1 cm³/mol. The number of carbonyl (C=O) groups excluding carboxylic acids is 2. The van der Waals surface area contributed by atoms with E-state index in [1.54, 1.807) is 23.1 Å². The van der Waals surface area contributed by atoms with E-state index in [0.717, 1.165) is 4.47 Å². The summed E-state index contributed by atoms with van der Waals surface area (Å²) in [5.74, 6) is -0.155. The van der Waals surface area contributed by atoms with Gasteiger partial charge in [-0.05, 0) is 18.2 Å². The van der Waals surface area contributed by atoms with Crippen molar-refractivity contribution in [3.63, 3.8) is 0 Å². The number of benzene rings is 1. The number of halogens is 1. The Morgan fingerprint density at radius 1 is 1.39 bits per heavy atom. The monoisotopic (exact) mass is 311 g/mol. The molecule has 0 aromatic heterocycles. The van der Waals surface area contributed by atoms with Crippen LogP contribution in [0, 0.1) is 0 Å². The van der Waals surface area contributed by atoms with Gasteiger partial charge in [0.15, 0.2) is 0 Å². The van der Waals surface area contributed by atoms with Gasteiger partial charge in [-0.3, -0.25) is 9.59 Å². The second-order valence-electron chi connectivity index (χ2n) is 4.12. The average molecular weight is 312 g/mol. The van der Waals surface area contributed by atoms with Gasteiger partial charge in [0.1, 0.15) is 0 Å². The number of rotatable bonds is 1. The van der Waals surface area contributed by atoms with Crippen LogP contribution in [0.2, 0.25) is 0 Å². The van der Waals surface area contributed by atoms with Gasteiger partial charge in [-0.2, -0.15) is 0 Å². The highest BCUT2D eigenvalue weighted by Gasteiger charge is 2.21. The predicted octanol–water partition coefficient (Wildman–Crippen LogP) is 0.993. The maximum absolute atomic E-state index is 12.3. The van der Waals surface area contributed by atoms with Crippen LogP contribution in [-0.4, -0.2) is 36.3 Å². The van der Waals surface area contributed by atoms with Gasteiger partial charge in [-0.1, -0.05) is 15.9 Å². The van der Waals surface area contributed by atoms with E-state index in [1.165, 1.54) is 0 Å². The Bertz CT molecular complexity index is 490. The fraction of sp³-hybridized carbons (Fsp3) is 0.333. The van der Waals surface area contributed by atoms with Crippen molar-refractivity contribution in [3.05, 3.63) is 28.2 Å². The Morgan fingerprint density at radius 2 is 2.17 bits per heavy atom. The van der Waals surface area contributed by atoms with Crippen molar-refractivity contribution in [2.24, 2.45) is 0 Å². The smallest absolute Gasteiger partial charge is 0.256 e. The molecule has 2 rings (SSSR count). The lowest BCUT2D eigenvalue weighted by Crippen LogP contribution is -2.34. The van der Waals surface area contributed by atoms with E-state index < -0.39 is 0 Å². The first-order valence-electron chi connectivity index (χ1n) is 5.69. The second-order valence-corrected chi connectivity index (χ2v) is 5.04. The highest BCUT2D eigenvalue weighted by molar-refractivity contribution is 9.10. The maximum atomic E-state index is 12.3. The van der Waals surface area contributed by atoms with E-state index in [4.69, 9.17) is 5.73 Å². The summed E-state index contributed by atoms with van der Waals surface area (Å²) < 4.78 is 0.809. The Morgan fingerprint density at radius 3 is 2.94 bits per heavy atom. The largest absolute Gasteiger partial charge is 0.398 e. The molecule has 5 nitrogen and oxygen atoms in total. The molecule has 2 amide bonds. The number of anilines is 1. The molecule has 0 saturated carbocycles. The minimum absolute atomic E-state index is 0.0208. The van der Waals surface area contributed by atoms with Crippen LogP contribution in [0.3, 0.4) is 0 Å². The number of nitrogens with zero attached hydrogens (tertiary/aromatic N) is 1. The van der Waals surface area contributed by atoms with Crippen molar-refractivity contribution in [2.75, 3.05) is 25.4 Å². The van der Waals surface area contributed by atoms with Crippen LogP contribution < -0.4 is 11.1 Å². The number of nitrogens with two attached hydrogens (primary N) is 1. The molecule has 1 aliphatic rings. The molecule has 0 radical (unpaired) electrons. The summed E-state index contributed by atoms with van der Waals surface area (Å²) in [6.45, 7) is 1.42. The van der Waals surface area contributed by atoms with E-state index in [1.807, 2.05) is 0 Å². The summed E-state index contributed by atoms with van der Waals surface area (Å²) in [4.78, 5) is 25.2. The fourth-order valence-electron chi connectivity index (χ4n) is 1.85. The lowest BCUT2D eigenvalue weighted by Gasteiger charge is -2.20. The minimum atomic E-state index is -0.134. The van der Waals surface area contributed by atoms with Crippen LogP contribution in [0.25, 0.3) is 0 Å². The van der Waals surface area contributed by atoms with Gasteiger partial charge in [0.25, 0.3) is 5.91 Å². The molecule has 3 N–H and O–H groups in total. The molecule has 6 heteroatoms. The van der Waals surface area contributed by atoms with E-state index in [0.29, 0.717) is 37.3 Å². The number of hydrogen-bond donors (Lipinski definition) is 2. The van der Waals surface area contributed by atoms with Crippen LogP contribution in [0.4, 0.5) is 5.69 Å². The third-order valence-corrected chi connectivity index (χ3v) is 3.34. The molecule has 1 fully saturated rings. The zero-order valence-electron chi connectivity index (χ0n) is 9.78. The van der Waals surface area contributed by atoms with Gasteiger partial charge in [0.2, 0.25) is 5.91 Å². The Kier molecular flexibility index (Phi) is 3.86. The fourth-order valence-corrected chi connectivity index (χ4v) is 2.22. The van der Waals surface area contributed by atoms with Crippen molar-refractivity contribution < 1.29 is 9.59 Å². The van der Waals surface area contributed by atoms with E-state index in [9.17, 15) is 9.59 Å². The van der Waals surface area contributed by atoms with Gasteiger partial charge in [-0.25, -0.2) is 0 Å². The van der Waals surface area contributed by atoms with E-state index in [2.05, 4.69) is 21.2 Å². The van der Waals surface area contributed by atoms with Crippen LogP contribution >= 0.6 is 15.9 Å². The molecule has 0 aliphatic carbocycles. The van der Waals surface area contributed by atoms with Crippen LogP contribution in [0.15, 0.2) is 22.7 Å². The standard InChI is InChI=1S/C12H14BrN3O2/c13-8-1-2-10(14)9(7-8)12(18)16-5-3-11(17)15-4-6-16/h1-2,7H,3-6,14H2,(H,15,17). The van der Waals surface area contributed by atoms with Crippen molar-refractivity contribution in [1.29, 1.82) is 0 Å². The van der Waals surface area contributed by atoms with Gasteiger partial charge < -0.3 is 16.0 Å². The molecule has 1 aliphatic heterocycles. The van der Waals surface area contributed by atoms with Crippen molar-refractivity contribution in [3.8, 4) is 0 Å². The lowest BCUT2D eigenvalue weighted by molar-refractivity contribution is -0.120. The molecular weight excluding hydrogens is 298 g/mol. The summed E-state index contributed by atoms with van der Waals surface area (Å²) >= 11 is 3.32. The number of nitrogen functional groups attached to an aromatic ring is 1. The molecule has 1 aromatic rings. The topological polar surface area (TPSA) is 75.4 Å². The van der Waals surface area contributed by atoms with Crippen LogP contribution in [0.1, 0.15) is 16.8 Å². The molecular formula is C12H14BrN3O2. The molecule has 18 heavy (non-hydrogen) atoms. The molecule has 1 saturated heterocycles. The highest BCUT2D eigenvalue weighted by Crippen LogP contribution is 2.20. The highest BCUT2D eigenvalue weighted by atomic mass is 79.9. The van der Waals surface area contributed by atoms with Crippen molar-refractivity contribution in [2.45, 2.75) is 6.42 Å². The Labute approximate surface area is 113 Å². The summed E-state index contributed by atoms with van der Waals surface area (Å²) in [5, 5.41) is 2.73. The Hall–Kier alpha value is -1.56. The molecule has 1 heterocycles. The molecule has 0 unspecified atom stereocenters. The Balaban J connectivity index is 2.19. The maximum Gasteiger partial charge on any atom is 0.256 e. The summed E-state index contributed by atoms with van der Waals surface area (Å²) in [7, 11) is 0. The number of carbonyl (C=O) groups is 2. The molecule has 0 bridgehead atoms. The zero-order chi connectivity index (χ0) is 13.1. The van der Waals surface area contributed by atoms with Crippen molar-refractivity contribution >= 4 is 33.4 Å². The summed E-state index contributed by atoms with van der Waals surface area (Å²) in [6, 6.07) is 5.19.